The van der Waals surface area contributed by atoms with Gasteiger partial charge in [0.05, 0.1) is 15.7 Å². The Morgan fingerprint density at radius 2 is 1.94 bits per heavy atom. The molecule has 1 N–H and O–H groups in total. The summed E-state index contributed by atoms with van der Waals surface area (Å²) in [6, 6.07) is 4.80. The van der Waals surface area contributed by atoms with E-state index in [1.807, 2.05) is 0 Å². The number of aromatic nitrogens is 2. The van der Waals surface area contributed by atoms with Crippen LogP contribution in [0.4, 0.5) is 8.78 Å². The number of nitrogens with zero attached hydrogens (tertiary/aromatic N) is 1. The topological polar surface area (TPSA) is 45.8 Å². The second-order valence-corrected chi connectivity index (χ2v) is 3.88. The standard InChI is InChI=1S/C10H5BrF2N2O/c11-5-1-2-6(12)9(10(5)13)7-3-4-8(16)15-14-7/h1-4H,(H,15,16). The average molecular weight is 287 g/mol. The number of aromatic amines is 1. The number of hydrogen-bond acceptors (Lipinski definition) is 2. The van der Waals surface area contributed by atoms with Crippen LogP contribution in [0, 0.1) is 11.6 Å². The molecule has 0 aliphatic rings. The molecule has 0 saturated carbocycles. The molecular weight excluding hydrogens is 282 g/mol. The summed E-state index contributed by atoms with van der Waals surface area (Å²) >= 11 is 2.95. The average Bonchev–Trinajstić information content (AvgIpc) is 2.27. The highest BCUT2D eigenvalue weighted by Crippen LogP contribution is 2.28. The largest absolute Gasteiger partial charge is 0.268 e. The minimum Gasteiger partial charge on any atom is -0.268 e. The lowest BCUT2D eigenvalue weighted by Gasteiger charge is -2.04. The van der Waals surface area contributed by atoms with E-state index in [0.29, 0.717) is 0 Å². The van der Waals surface area contributed by atoms with Gasteiger partial charge in [-0.3, -0.25) is 4.79 Å². The minimum absolute atomic E-state index is 0.0379. The fourth-order valence-corrected chi connectivity index (χ4v) is 1.58. The third-order valence-electron chi connectivity index (χ3n) is 1.98. The van der Waals surface area contributed by atoms with E-state index in [0.717, 1.165) is 12.1 Å². The van der Waals surface area contributed by atoms with E-state index < -0.39 is 17.2 Å². The molecule has 1 aromatic heterocycles. The van der Waals surface area contributed by atoms with Crippen LogP contribution < -0.4 is 5.56 Å². The number of nitrogens with one attached hydrogen (secondary N) is 1. The molecule has 1 aromatic carbocycles. The number of H-pyrrole nitrogens is 1. The summed E-state index contributed by atoms with van der Waals surface area (Å²) in [6.07, 6.45) is 0. The lowest BCUT2D eigenvalue weighted by molar-refractivity contribution is 0.583. The van der Waals surface area contributed by atoms with Crippen LogP contribution in [0.1, 0.15) is 0 Å². The molecule has 0 atom stereocenters. The molecule has 0 aliphatic carbocycles. The van der Waals surface area contributed by atoms with Crippen molar-refractivity contribution in [2.45, 2.75) is 0 Å². The zero-order chi connectivity index (χ0) is 11.7. The highest BCUT2D eigenvalue weighted by Gasteiger charge is 2.15. The van der Waals surface area contributed by atoms with Crippen LogP contribution in [-0.4, -0.2) is 10.2 Å². The fraction of sp³-hybridized carbons (Fsp3) is 0. The monoisotopic (exact) mass is 286 g/mol. The van der Waals surface area contributed by atoms with Gasteiger partial charge in [-0.05, 0) is 34.1 Å². The first-order valence-electron chi connectivity index (χ1n) is 4.29. The van der Waals surface area contributed by atoms with Gasteiger partial charge in [-0.15, -0.1) is 0 Å². The molecule has 0 radical (unpaired) electrons. The molecule has 3 nitrogen and oxygen atoms in total. The molecule has 2 aromatic rings. The van der Waals surface area contributed by atoms with Crippen LogP contribution in [0.25, 0.3) is 11.3 Å². The Labute approximate surface area is 97.3 Å². The van der Waals surface area contributed by atoms with Crippen molar-refractivity contribution in [3.8, 4) is 11.3 Å². The predicted molar refractivity (Wildman–Crippen MR) is 57.9 cm³/mol. The molecule has 82 valence electrons. The van der Waals surface area contributed by atoms with Gasteiger partial charge < -0.3 is 0 Å². The third-order valence-corrected chi connectivity index (χ3v) is 2.59. The molecule has 2 rings (SSSR count). The van der Waals surface area contributed by atoms with Crippen LogP contribution in [-0.2, 0) is 0 Å². The molecule has 1 heterocycles. The summed E-state index contributed by atoms with van der Waals surface area (Å²) in [5, 5.41) is 5.69. The van der Waals surface area contributed by atoms with Crippen LogP contribution in [0.15, 0.2) is 33.5 Å². The molecule has 0 fully saturated rings. The van der Waals surface area contributed by atoms with Crippen LogP contribution in [0.2, 0.25) is 0 Å². The summed E-state index contributed by atoms with van der Waals surface area (Å²) in [6.45, 7) is 0. The molecule has 0 bridgehead atoms. The summed E-state index contributed by atoms with van der Waals surface area (Å²) in [5.74, 6) is -1.49. The highest BCUT2D eigenvalue weighted by molar-refractivity contribution is 9.10. The maximum Gasteiger partial charge on any atom is 0.264 e. The van der Waals surface area contributed by atoms with E-state index in [-0.39, 0.29) is 15.7 Å². The first kappa shape index (κ1) is 10.9. The van der Waals surface area contributed by atoms with E-state index in [9.17, 15) is 13.6 Å². The molecule has 0 amide bonds. The van der Waals surface area contributed by atoms with Crippen molar-refractivity contribution >= 4 is 15.9 Å². The molecule has 6 heteroatoms. The molecule has 0 saturated heterocycles. The van der Waals surface area contributed by atoms with Crippen molar-refractivity contribution < 1.29 is 8.78 Å². The Balaban J connectivity index is 2.68. The third kappa shape index (κ3) is 1.88. The molecule has 0 spiro atoms. The highest BCUT2D eigenvalue weighted by atomic mass is 79.9. The zero-order valence-electron chi connectivity index (χ0n) is 7.80. The first-order valence-corrected chi connectivity index (χ1v) is 5.08. The van der Waals surface area contributed by atoms with Crippen molar-refractivity contribution in [2.24, 2.45) is 0 Å². The maximum atomic E-state index is 13.6. The van der Waals surface area contributed by atoms with Gasteiger partial charge in [-0.1, -0.05) is 0 Å². The number of rotatable bonds is 1. The zero-order valence-corrected chi connectivity index (χ0v) is 9.38. The Kier molecular flexibility index (Phi) is 2.82. The van der Waals surface area contributed by atoms with Gasteiger partial charge in [0.15, 0.2) is 0 Å². The Hall–Kier alpha value is -1.56. The van der Waals surface area contributed by atoms with Gasteiger partial charge in [0.2, 0.25) is 0 Å². The van der Waals surface area contributed by atoms with Gasteiger partial charge in [0.1, 0.15) is 11.6 Å². The van der Waals surface area contributed by atoms with Gasteiger partial charge >= 0.3 is 0 Å². The lowest BCUT2D eigenvalue weighted by Crippen LogP contribution is -2.06. The predicted octanol–water partition coefficient (Wildman–Crippen LogP) is 2.48. The van der Waals surface area contributed by atoms with E-state index in [4.69, 9.17) is 0 Å². The summed E-state index contributed by atoms with van der Waals surface area (Å²) in [4.78, 5) is 10.8. The number of halogens is 3. The Morgan fingerprint density at radius 3 is 2.56 bits per heavy atom. The lowest BCUT2D eigenvalue weighted by atomic mass is 10.1. The smallest absolute Gasteiger partial charge is 0.264 e. The normalized spacial score (nSPS) is 10.4. The van der Waals surface area contributed by atoms with E-state index >= 15 is 0 Å². The van der Waals surface area contributed by atoms with Crippen LogP contribution in [0.3, 0.4) is 0 Å². The second kappa shape index (κ2) is 4.13. The van der Waals surface area contributed by atoms with Crippen molar-refractivity contribution in [3.05, 3.63) is 50.7 Å². The maximum absolute atomic E-state index is 13.6. The molecule has 0 aliphatic heterocycles. The molecular formula is C10H5BrF2N2O. The SMILES string of the molecule is O=c1ccc(-c2c(F)ccc(Br)c2F)n[nH]1. The molecule has 16 heavy (non-hydrogen) atoms. The number of benzene rings is 1. The van der Waals surface area contributed by atoms with Gasteiger partial charge in [-0.2, -0.15) is 5.10 Å². The summed E-state index contributed by atoms with van der Waals surface area (Å²) < 4.78 is 27.2. The van der Waals surface area contributed by atoms with Crippen LogP contribution >= 0.6 is 15.9 Å². The molecule has 0 unspecified atom stereocenters. The Morgan fingerprint density at radius 1 is 1.19 bits per heavy atom. The van der Waals surface area contributed by atoms with Crippen LogP contribution in [0.5, 0.6) is 0 Å². The van der Waals surface area contributed by atoms with Crippen molar-refractivity contribution in [1.82, 2.24) is 10.2 Å². The van der Waals surface area contributed by atoms with E-state index in [1.165, 1.54) is 12.1 Å². The Bertz CT molecular complexity index is 577. The summed E-state index contributed by atoms with van der Waals surface area (Å²) in [7, 11) is 0. The first-order chi connectivity index (χ1) is 7.59. The van der Waals surface area contributed by atoms with Gasteiger partial charge in [-0.25, -0.2) is 13.9 Å². The second-order valence-electron chi connectivity index (χ2n) is 3.02. The summed E-state index contributed by atoms with van der Waals surface area (Å²) in [5.41, 5.74) is -0.666. The van der Waals surface area contributed by atoms with Crippen molar-refractivity contribution in [3.63, 3.8) is 0 Å². The minimum atomic E-state index is -0.750. The fourth-order valence-electron chi connectivity index (χ4n) is 1.25. The van der Waals surface area contributed by atoms with E-state index in [1.54, 1.807) is 0 Å². The van der Waals surface area contributed by atoms with E-state index in [2.05, 4.69) is 26.1 Å². The van der Waals surface area contributed by atoms with Gasteiger partial charge in [0, 0.05) is 6.07 Å². The van der Waals surface area contributed by atoms with Gasteiger partial charge in [0.25, 0.3) is 5.56 Å². The van der Waals surface area contributed by atoms with Crippen molar-refractivity contribution in [2.75, 3.05) is 0 Å². The van der Waals surface area contributed by atoms with Crippen molar-refractivity contribution in [1.29, 1.82) is 0 Å². The quantitative estimate of drug-likeness (QED) is 0.819. The number of hydrogen-bond donors (Lipinski definition) is 1.